The Kier molecular flexibility index (Phi) is 10.1. The molecule has 0 bridgehead atoms. The first-order valence-electron chi connectivity index (χ1n) is 13.9. The van der Waals surface area contributed by atoms with Gasteiger partial charge in [0.25, 0.3) is 0 Å². The van der Waals surface area contributed by atoms with E-state index in [1.54, 1.807) is 24.4 Å². The van der Waals surface area contributed by atoms with Gasteiger partial charge in [0.15, 0.2) is 11.8 Å². The largest absolute Gasteiger partial charge is 0.370 e. The van der Waals surface area contributed by atoms with E-state index in [4.69, 9.17) is 28.8 Å². The fraction of sp³-hybridized carbons (Fsp3) is 0.367. The molecule has 2 aromatic heterocycles. The Morgan fingerprint density at radius 1 is 1.20 bits per heavy atom. The molecule has 8 N–H and O–H groups in total. The van der Waals surface area contributed by atoms with Gasteiger partial charge in [0.2, 0.25) is 0 Å². The molecule has 0 saturated carbocycles. The number of benzene rings is 2. The van der Waals surface area contributed by atoms with Gasteiger partial charge in [-0.05, 0) is 87.0 Å². The molecule has 2 heterocycles. The van der Waals surface area contributed by atoms with Crippen molar-refractivity contribution in [2.24, 2.45) is 22.2 Å². The number of hydrogen-bond donors (Lipinski definition) is 5. The van der Waals surface area contributed by atoms with E-state index < -0.39 is 11.5 Å². The lowest BCUT2D eigenvalue weighted by Crippen LogP contribution is -2.25. The standard InChI is InChI=1S/C30H38ClFN8O/c1-3-25(36-12-5-13-37-29(34)35)20-8-10-22(11-9-20)40-17-21-16-26(38-28(21)39-30(40)41)23-14-19(7-4-6-18(2)33)15-24(31)27(23)32/h8-11,14-18,25,36H,3-7,12-13,33H2,1-2H3,(H4,34,35,37)(H,38,39,41)/t18-,25-/m0/s1. The van der Waals surface area contributed by atoms with Gasteiger partial charge in [0.05, 0.1) is 16.4 Å². The summed E-state index contributed by atoms with van der Waals surface area (Å²) < 4.78 is 16.6. The van der Waals surface area contributed by atoms with Crippen LogP contribution in [0.3, 0.4) is 0 Å². The summed E-state index contributed by atoms with van der Waals surface area (Å²) in [5, 5.41) is 4.25. The minimum atomic E-state index is -0.518. The Morgan fingerprint density at radius 2 is 1.95 bits per heavy atom. The van der Waals surface area contributed by atoms with Crippen LogP contribution in [0.5, 0.6) is 0 Å². The molecule has 4 aromatic rings. The molecule has 0 aliphatic heterocycles. The van der Waals surface area contributed by atoms with Crippen molar-refractivity contribution in [2.45, 2.75) is 58.0 Å². The summed E-state index contributed by atoms with van der Waals surface area (Å²) in [6.07, 6.45) is 5.91. The van der Waals surface area contributed by atoms with Crippen LogP contribution in [0.4, 0.5) is 4.39 Å². The maximum atomic E-state index is 15.1. The highest BCUT2D eigenvalue weighted by Gasteiger charge is 2.16. The van der Waals surface area contributed by atoms with Gasteiger partial charge in [-0.15, -0.1) is 0 Å². The molecule has 0 radical (unpaired) electrons. The summed E-state index contributed by atoms with van der Waals surface area (Å²) in [7, 11) is 0. The van der Waals surface area contributed by atoms with Crippen molar-refractivity contribution in [3.05, 3.63) is 81.1 Å². The summed E-state index contributed by atoms with van der Waals surface area (Å²) in [6, 6.07) is 13.3. The molecular formula is C30H38ClFN8O. The number of nitrogens with one attached hydrogen (secondary N) is 2. The molecule has 0 fully saturated rings. The fourth-order valence-corrected chi connectivity index (χ4v) is 5.11. The molecule has 41 heavy (non-hydrogen) atoms. The number of nitrogens with zero attached hydrogens (tertiary/aromatic N) is 3. The lowest BCUT2D eigenvalue weighted by molar-refractivity contribution is 0.513. The number of rotatable bonds is 13. The van der Waals surface area contributed by atoms with Crippen molar-refractivity contribution in [2.75, 3.05) is 13.1 Å². The number of H-pyrrole nitrogens is 1. The molecule has 9 nitrogen and oxygen atoms in total. The van der Waals surface area contributed by atoms with Crippen LogP contribution in [0.15, 0.2) is 58.4 Å². The molecule has 0 saturated heterocycles. The average molecular weight is 581 g/mol. The second-order valence-corrected chi connectivity index (χ2v) is 10.8. The molecule has 0 unspecified atom stereocenters. The number of aliphatic imine (C=N–C) groups is 1. The second kappa shape index (κ2) is 13.8. The van der Waals surface area contributed by atoms with Gasteiger partial charge >= 0.3 is 5.69 Å². The van der Waals surface area contributed by atoms with Crippen LogP contribution >= 0.6 is 11.6 Å². The van der Waals surface area contributed by atoms with Crippen LogP contribution in [0.25, 0.3) is 28.0 Å². The first kappa shape index (κ1) is 30.2. The lowest BCUT2D eigenvalue weighted by atomic mass is 10.0. The van der Waals surface area contributed by atoms with E-state index in [9.17, 15) is 4.79 Å². The number of hydrogen-bond acceptors (Lipinski definition) is 5. The molecule has 0 aliphatic carbocycles. The normalized spacial score (nSPS) is 12.9. The van der Waals surface area contributed by atoms with Crippen LogP contribution in [-0.4, -0.2) is 39.6 Å². The van der Waals surface area contributed by atoms with Crippen molar-refractivity contribution in [1.82, 2.24) is 19.9 Å². The smallest absolute Gasteiger partial charge is 0.354 e. The van der Waals surface area contributed by atoms with Gasteiger partial charge in [-0.3, -0.25) is 9.56 Å². The second-order valence-electron chi connectivity index (χ2n) is 10.4. The third-order valence-corrected chi connectivity index (χ3v) is 7.29. The Morgan fingerprint density at radius 3 is 2.63 bits per heavy atom. The third-order valence-electron chi connectivity index (χ3n) is 7.01. The van der Waals surface area contributed by atoms with Crippen molar-refractivity contribution in [1.29, 1.82) is 0 Å². The number of nitrogens with two attached hydrogens (primary N) is 3. The summed E-state index contributed by atoms with van der Waals surface area (Å²) in [5.41, 5.74) is 20.1. The first-order chi connectivity index (χ1) is 19.7. The molecule has 2 aromatic carbocycles. The maximum absolute atomic E-state index is 15.1. The topological polar surface area (TPSA) is 153 Å². The minimum Gasteiger partial charge on any atom is -0.370 e. The quantitative estimate of drug-likeness (QED) is 0.0888. The van der Waals surface area contributed by atoms with E-state index in [2.05, 4.69) is 27.2 Å². The van der Waals surface area contributed by atoms with Gasteiger partial charge in [0, 0.05) is 35.8 Å². The van der Waals surface area contributed by atoms with E-state index in [0.717, 1.165) is 49.8 Å². The van der Waals surface area contributed by atoms with Crippen molar-refractivity contribution >= 4 is 28.6 Å². The van der Waals surface area contributed by atoms with Crippen molar-refractivity contribution in [3.8, 4) is 16.9 Å². The predicted molar refractivity (Wildman–Crippen MR) is 165 cm³/mol. The number of aromatic nitrogens is 3. The van der Waals surface area contributed by atoms with Crippen molar-refractivity contribution in [3.63, 3.8) is 0 Å². The van der Waals surface area contributed by atoms with Gasteiger partial charge < -0.3 is 27.5 Å². The highest BCUT2D eigenvalue weighted by molar-refractivity contribution is 6.31. The Hall–Kier alpha value is -3.73. The summed E-state index contributed by atoms with van der Waals surface area (Å²) in [6.45, 7) is 5.42. The lowest BCUT2D eigenvalue weighted by Gasteiger charge is -2.18. The molecule has 2 atom stereocenters. The highest BCUT2D eigenvalue weighted by atomic mass is 35.5. The van der Waals surface area contributed by atoms with E-state index in [1.807, 2.05) is 31.2 Å². The summed E-state index contributed by atoms with van der Waals surface area (Å²) in [4.78, 5) is 24.3. The average Bonchev–Trinajstić information content (AvgIpc) is 3.34. The fourth-order valence-electron chi connectivity index (χ4n) is 4.87. The number of guanidine groups is 1. The van der Waals surface area contributed by atoms with E-state index in [1.165, 1.54) is 4.57 Å². The summed E-state index contributed by atoms with van der Waals surface area (Å²) in [5.74, 6) is -0.420. The first-order valence-corrected chi connectivity index (χ1v) is 14.3. The van der Waals surface area contributed by atoms with Gasteiger partial charge in [-0.25, -0.2) is 9.18 Å². The van der Waals surface area contributed by atoms with Gasteiger partial charge in [-0.1, -0.05) is 30.7 Å². The zero-order valence-corrected chi connectivity index (χ0v) is 24.2. The Balaban J connectivity index is 1.55. The SMILES string of the molecule is CC[C@H](NCCCN=C(N)N)c1ccc(-n2cc3cc(-c4cc(CCC[C@H](C)N)cc(Cl)c4F)[nH]c3nc2=O)cc1. The molecule has 11 heteroatoms. The van der Waals surface area contributed by atoms with E-state index in [-0.39, 0.29) is 23.1 Å². The number of fused-ring (bicyclic) bond motifs is 1. The molecular weight excluding hydrogens is 543 g/mol. The van der Waals surface area contributed by atoms with Crippen LogP contribution in [0.1, 0.15) is 56.7 Å². The molecule has 0 spiro atoms. The molecule has 218 valence electrons. The van der Waals surface area contributed by atoms with Crippen LogP contribution in [-0.2, 0) is 6.42 Å². The predicted octanol–water partition coefficient (Wildman–Crippen LogP) is 4.55. The minimum absolute atomic E-state index is 0.0539. The number of aromatic amines is 1. The third kappa shape index (κ3) is 7.72. The van der Waals surface area contributed by atoms with Crippen LogP contribution < -0.4 is 28.2 Å². The molecule has 0 amide bonds. The zero-order valence-electron chi connectivity index (χ0n) is 23.5. The van der Waals surface area contributed by atoms with Crippen LogP contribution in [0, 0.1) is 5.82 Å². The van der Waals surface area contributed by atoms with E-state index >= 15 is 4.39 Å². The maximum Gasteiger partial charge on any atom is 0.354 e. The molecule has 4 rings (SSSR count). The van der Waals surface area contributed by atoms with Gasteiger partial charge in [0.1, 0.15) is 5.65 Å². The molecule has 0 aliphatic rings. The number of halogens is 2. The highest BCUT2D eigenvalue weighted by Crippen LogP contribution is 2.31. The van der Waals surface area contributed by atoms with Crippen LogP contribution in [0.2, 0.25) is 5.02 Å². The monoisotopic (exact) mass is 580 g/mol. The van der Waals surface area contributed by atoms with Gasteiger partial charge in [-0.2, -0.15) is 4.98 Å². The summed E-state index contributed by atoms with van der Waals surface area (Å²) >= 11 is 6.24. The Bertz CT molecular complexity index is 1560. The number of aryl methyl sites for hydroxylation is 1. The Labute approximate surface area is 244 Å². The van der Waals surface area contributed by atoms with E-state index in [0.29, 0.717) is 34.5 Å². The zero-order chi connectivity index (χ0) is 29.5. The van der Waals surface area contributed by atoms with Crippen molar-refractivity contribution < 1.29 is 4.39 Å².